The fourth-order valence-electron chi connectivity index (χ4n) is 2.32. The number of methoxy groups -OCH3 is 2. The molecule has 0 spiro atoms. The molecule has 12 heteroatoms. The molecule has 0 unspecified atom stereocenters. The minimum Gasteiger partial charge on any atom is -0.493 e. The van der Waals surface area contributed by atoms with Gasteiger partial charge in [0.2, 0.25) is 21.1 Å². The first-order valence-electron chi connectivity index (χ1n) is 7.61. The minimum atomic E-state index is -3.76. The zero-order valence-electron chi connectivity index (χ0n) is 15.4. The molecule has 148 valence electrons. The molecule has 1 heterocycles. The van der Waals surface area contributed by atoms with Gasteiger partial charge in [-0.15, -0.1) is 10.2 Å². The van der Waals surface area contributed by atoms with Gasteiger partial charge in [-0.1, -0.05) is 23.1 Å². The monoisotopic (exact) mass is 432 g/mol. The second kappa shape index (κ2) is 8.76. The number of aromatic nitrogens is 2. The van der Waals surface area contributed by atoms with Crippen LogP contribution in [0, 0.1) is 0 Å². The van der Waals surface area contributed by atoms with Crippen molar-refractivity contribution in [3.63, 3.8) is 0 Å². The molecule has 1 N–H and O–H groups in total. The van der Waals surface area contributed by atoms with Gasteiger partial charge < -0.3 is 9.47 Å². The largest absolute Gasteiger partial charge is 0.493 e. The molecule has 1 atom stereocenters. The first-order chi connectivity index (χ1) is 12.7. The number of carbonyl (C=O) groups is 1. The lowest BCUT2D eigenvalue weighted by molar-refractivity contribution is -0.116. The van der Waals surface area contributed by atoms with Crippen molar-refractivity contribution >= 4 is 49.8 Å². The van der Waals surface area contributed by atoms with E-state index in [1.54, 1.807) is 12.1 Å². The number of nitrogens with one attached hydrogen (secondary N) is 1. The van der Waals surface area contributed by atoms with Gasteiger partial charge >= 0.3 is 0 Å². The fourth-order valence-corrected chi connectivity index (χ4v) is 4.66. The smallest absolute Gasteiger partial charge is 0.249 e. The van der Waals surface area contributed by atoms with E-state index in [1.165, 1.54) is 50.3 Å². The lowest BCUT2D eigenvalue weighted by Gasteiger charge is -2.28. The number of hydrogen-bond donors (Lipinski definition) is 1. The highest BCUT2D eigenvalue weighted by molar-refractivity contribution is 8.00. The number of anilines is 2. The molecular weight excluding hydrogens is 412 g/mol. The Hall–Kier alpha value is -2.05. The number of amides is 1. The average Bonchev–Trinajstić information content (AvgIpc) is 3.07. The van der Waals surface area contributed by atoms with Crippen LogP contribution in [0.5, 0.6) is 11.5 Å². The molecule has 0 saturated heterocycles. The molecule has 0 aliphatic rings. The maximum atomic E-state index is 12.6. The van der Waals surface area contributed by atoms with E-state index in [-0.39, 0.29) is 5.69 Å². The summed E-state index contributed by atoms with van der Waals surface area (Å²) in [4.78, 5) is 12.6. The summed E-state index contributed by atoms with van der Waals surface area (Å²) < 4.78 is 36.9. The molecule has 0 bridgehead atoms. The predicted molar refractivity (Wildman–Crippen MR) is 107 cm³/mol. The zero-order valence-corrected chi connectivity index (χ0v) is 17.9. The average molecular weight is 433 g/mol. The van der Waals surface area contributed by atoms with Crippen molar-refractivity contribution in [3.8, 4) is 11.5 Å². The summed E-state index contributed by atoms with van der Waals surface area (Å²) in [6, 6.07) is 3.59. The molecule has 27 heavy (non-hydrogen) atoms. The normalized spacial score (nSPS) is 12.3. The SMILES string of the molecule is COc1ccc(N([C@@H](C)C(=O)Nc2nnc(SC)s2)S(C)(=O)=O)cc1OC. The highest BCUT2D eigenvalue weighted by Crippen LogP contribution is 2.33. The quantitative estimate of drug-likeness (QED) is 0.499. The van der Waals surface area contributed by atoms with Gasteiger partial charge in [0.15, 0.2) is 15.8 Å². The highest BCUT2D eigenvalue weighted by atomic mass is 32.2. The van der Waals surface area contributed by atoms with Crippen LogP contribution in [0.15, 0.2) is 22.5 Å². The van der Waals surface area contributed by atoms with Gasteiger partial charge in [0.1, 0.15) is 6.04 Å². The van der Waals surface area contributed by atoms with Gasteiger partial charge in [-0.05, 0) is 25.3 Å². The Morgan fingerprint density at radius 3 is 2.44 bits per heavy atom. The second-order valence-electron chi connectivity index (χ2n) is 5.34. The Bertz CT molecular complexity index is 916. The minimum absolute atomic E-state index is 0.278. The third-order valence-electron chi connectivity index (χ3n) is 3.52. The molecule has 1 amide bonds. The van der Waals surface area contributed by atoms with Gasteiger partial charge in [0.05, 0.1) is 26.2 Å². The maximum absolute atomic E-state index is 12.6. The maximum Gasteiger partial charge on any atom is 0.249 e. The molecule has 2 aromatic rings. The zero-order chi connectivity index (χ0) is 20.2. The molecule has 0 saturated carbocycles. The van der Waals surface area contributed by atoms with Gasteiger partial charge in [-0.3, -0.25) is 14.4 Å². The third kappa shape index (κ3) is 5.02. The van der Waals surface area contributed by atoms with Crippen LogP contribution in [0.1, 0.15) is 6.92 Å². The summed E-state index contributed by atoms with van der Waals surface area (Å²) in [5.41, 5.74) is 0.278. The van der Waals surface area contributed by atoms with Crippen LogP contribution < -0.4 is 19.1 Å². The molecule has 0 aliphatic carbocycles. The van der Waals surface area contributed by atoms with Crippen molar-refractivity contribution in [2.75, 3.05) is 36.4 Å². The Morgan fingerprint density at radius 1 is 1.26 bits per heavy atom. The van der Waals surface area contributed by atoms with Gasteiger partial charge in [0.25, 0.3) is 0 Å². The van der Waals surface area contributed by atoms with E-state index >= 15 is 0 Å². The molecule has 0 radical (unpaired) electrons. The Labute approximate surface area is 166 Å². The van der Waals surface area contributed by atoms with Gasteiger partial charge in [0, 0.05) is 6.07 Å². The molecular formula is C15H20N4O5S3. The van der Waals surface area contributed by atoms with E-state index in [0.717, 1.165) is 10.6 Å². The highest BCUT2D eigenvalue weighted by Gasteiger charge is 2.30. The van der Waals surface area contributed by atoms with Crippen LogP contribution in [0.4, 0.5) is 10.8 Å². The Balaban J connectivity index is 2.34. The summed E-state index contributed by atoms with van der Waals surface area (Å²) in [5.74, 6) is 0.272. The number of ether oxygens (including phenoxy) is 2. The Morgan fingerprint density at radius 2 is 1.93 bits per heavy atom. The van der Waals surface area contributed by atoms with Crippen LogP contribution in [0.25, 0.3) is 0 Å². The molecule has 1 aromatic carbocycles. The predicted octanol–water partition coefficient (Wildman–Crippen LogP) is 2.07. The van der Waals surface area contributed by atoms with E-state index in [2.05, 4.69) is 15.5 Å². The first-order valence-corrected chi connectivity index (χ1v) is 11.5. The van der Waals surface area contributed by atoms with Crippen molar-refractivity contribution in [1.29, 1.82) is 0 Å². The fraction of sp³-hybridized carbons (Fsp3) is 0.400. The molecule has 0 fully saturated rings. The standard InChI is InChI=1S/C15H20N4O5S3/c1-9(13(20)16-14-17-18-15(25-4)26-14)19(27(5,21)22)10-6-7-11(23-2)12(8-10)24-3/h6-9H,1-5H3,(H,16,17,20)/t9-/m0/s1. The molecule has 0 aliphatic heterocycles. The first kappa shape index (κ1) is 21.3. The second-order valence-corrected chi connectivity index (χ2v) is 9.23. The topological polar surface area (TPSA) is 111 Å². The number of thioether (sulfide) groups is 1. The van der Waals surface area contributed by atoms with E-state index in [1.807, 2.05) is 6.26 Å². The molecule has 2 rings (SSSR count). The molecule has 1 aromatic heterocycles. The van der Waals surface area contributed by atoms with E-state index < -0.39 is 22.0 Å². The summed E-state index contributed by atoms with van der Waals surface area (Å²) in [7, 11) is -0.834. The van der Waals surface area contributed by atoms with Crippen LogP contribution in [0.3, 0.4) is 0 Å². The van der Waals surface area contributed by atoms with Crippen LogP contribution in [0.2, 0.25) is 0 Å². The van der Waals surface area contributed by atoms with Crippen molar-refractivity contribution in [2.24, 2.45) is 0 Å². The van der Waals surface area contributed by atoms with Crippen molar-refractivity contribution in [1.82, 2.24) is 10.2 Å². The summed E-state index contributed by atoms with van der Waals surface area (Å²) in [6.45, 7) is 1.49. The van der Waals surface area contributed by atoms with E-state index in [4.69, 9.17) is 9.47 Å². The van der Waals surface area contributed by atoms with Crippen LogP contribution in [-0.2, 0) is 14.8 Å². The van der Waals surface area contributed by atoms with E-state index in [9.17, 15) is 13.2 Å². The number of nitrogens with zero attached hydrogens (tertiary/aromatic N) is 3. The van der Waals surface area contributed by atoms with Crippen LogP contribution >= 0.6 is 23.1 Å². The van der Waals surface area contributed by atoms with Crippen molar-refractivity contribution in [2.45, 2.75) is 17.3 Å². The number of benzene rings is 1. The van der Waals surface area contributed by atoms with Gasteiger partial charge in [-0.25, -0.2) is 8.42 Å². The lowest BCUT2D eigenvalue weighted by Crippen LogP contribution is -2.45. The Kier molecular flexibility index (Phi) is 6.89. The lowest BCUT2D eigenvalue weighted by atomic mass is 10.2. The van der Waals surface area contributed by atoms with Crippen LogP contribution in [-0.4, -0.2) is 57.3 Å². The number of sulfonamides is 1. The summed E-state index contributed by atoms with van der Waals surface area (Å²) in [6.07, 6.45) is 2.88. The van der Waals surface area contributed by atoms with E-state index in [0.29, 0.717) is 21.0 Å². The number of hydrogen-bond acceptors (Lipinski definition) is 9. The summed E-state index contributed by atoms with van der Waals surface area (Å²) in [5, 5.41) is 10.7. The summed E-state index contributed by atoms with van der Waals surface area (Å²) >= 11 is 2.61. The molecule has 9 nitrogen and oxygen atoms in total. The number of rotatable bonds is 8. The van der Waals surface area contributed by atoms with Crippen molar-refractivity contribution < 1.29 is 22.7 Å². The van der Waals surface area contributed by atoms with Crippen molar-refractivity contribution in [3.05, 3.63) is 18.2 Å². The third-order valence-corrected chi connectivity index (χ3v) is 6.58. The number of carbonyl (C=O) groups excluding carboxylic acids is 1. The van der Waals surface area contributed by atoms with Gasteiger partial charge in [-0.2, -0.15) is 0 Å².